The lowest BCUT2D eigenvalue weighted by Crippen LogP contribution is -2.35. The van der Waals surface area contributed by atoms with Gasteiger partial charge in [-0.1, -0.05) is 12.1 Å². The van der Waals surface area contributed by atoms with Gasteiger partial charge in [-0.2, -0.15) is 0 Å². The van der Waals surface area contributed by atoms with Crippen LogP contribution in [0.3, 0.4) is 0 Å². The van der Waals surface area contributed by atoms with Crippen molar-refractivity contribution in [1.82, 2.24) is 5.32 Å². The zero-order valence-corrected chi connectivity index (χ0v) is 13.7. The van der Waals surface area contributed by atoms with Crippen molar-refractivity contribution < 1.29 is 9.59 Å². The lowest BCUT2D eigenvalue weighted by Gasteiger charge is -2.21. The quantitative estimate of drug-likeness (QED) is 0.808. The van der Waals surface area contributed by atoms with Crippen LogP contribution in [0.15, 0.2) is 41.8 Å². The molecule has 1 unspecified atom stereocenters. The lowest BCUT2D eigenvalue weighted by atomic mass is 9.89. The number of benzene rings is 1. The lowest BCUT2D eigenvalue weighted by molar-refractivity contribution is -0.123. The summed E-state index contributed by atoms with van der Waals surface area (Å²) in [6.45, 7) is 3.51. The van der Waals surface area contributed by atoms with Crippen LogP contribution in [0.1, 0.15) is 23.0 Å². The molecule has 1 atom stereocenters. The van der Waals surface area contributed by atoms with Crippen LogP contribution in [0.25, 0.3) is 0 Å². The standard InChI is InChI=1S/C17H19N3O2S/c1-17(7-8-18-11-17)16(22)20-13-5-2-4-12(10-13)19-15(21)14-6-3-9-23-14/h2-6,9-10,18H,7-8,11H2,1H3,(H,19,21)(H,20,22). The van der Waals surface area contributed by atoms with Crippen LogP contribution in [0.5, 0.6) is 0 Å². The molecule has 2 heterocycles. The third kappa shape index (κ3) is 3.60. The van der Waals surface area contributed by atoms with Crippen molar-refractivity contribution in [3.05, 3.63) is 46.7 Å². The first kappa shape index (κ1) is 15.7. The van der Waals surface area contributed by atoms with Crippen LogP contribution < -0.4 is 16.0 Å². The Morgan fingerprint density at radius 2 is 1.96 bits per heavy atom. The van der Waals surface area contributed by atoms with Crippen LogP contribution in [0, 0.1) is 5.41 Å². The average Bonchev–Trinajstić information content (AvgIpc) is 3.19. The summed E-state index contributed by atoms with van der Waals surface area (Å²) in [5.74, 6) is -0.139. The molecule has 1 saturated heterocycles. The number of nitrogens with one attached hydrogen (secondary N) is 3. The maximum Gasteiger partial charge on any atom is 0.265 e. The molecule has 23 heavy (non-hydrogen) atoms. The summed E-state index contributed by atoms with van der Waals surface area (Å²) in [4.78, 5) is 25.1. The summed E-state index contributed by atoms with van der Waals surface area (Å²) in [5.41, 5.74) is 0.971. The fourth-order valence-electron chi connectivity index (χ4n) is 2.57. The largest absolute Gasteiger partial charge is 0.326 e. The van der Waals surface area contributed by atoms with Gasteiger partial charge in [0.05, 0.1) is 10.3 Å². The number of carbonyl (C=O) groups excluding carboxylic acids is 2. The van der Waals surface area contributed by atoms with E-state index >= 15 is 0 Å². The van der Waals surface area contributed by atoms with Gasteiger partial charge >= 0.3 is 0 Å². The fraction of sp³-hybridized carbons (Fsp3) is 0.294. The molecule has 1 fully saturated rings. The number of rotatable bonds is 4. The van der Waals surface area contributed by atoms with Crippen molar-refractivity contribution >= 4 is 34.5 Å². The minimum absolute atomic E-state index is 0.00392. The first-order valence-corrected chi connectivity index (χ1v) is 8.42. The SMILES string of the molecule is CC1(C(=O)Nc2cccc(NC(=O)c3cccs3)c2)CCNC1. The van der Waals surface area contributed by atoms with Gasteiger partial charge in [-0.15, -0.1) is 11.3 Å². The van der Waals surface area contributed by atoms with Crippen LogP contribution in [-0.4, -0.2) is 24.9 Å². The zero-order valence-electron chi connectivity index (χ0n) is 12.9. The molecule has 2 aromatic rings. The van der Waals surface area contributed by atoms with E-state index in [2.05, 4.69) is 16.0 Å². The van der Waals surface area contributed by atoms with Crippen LogP contribution >= 0.6 is 11.3 Å². The number of thiophene rings is 1. The van der Waals surface area contributed by atoms with Gasteiger partial charge < -0.3 is 16.0 Å². The van der Waals surface area contributed by atoms with Crippen molar-refractivity contribution in [3.63, 3.8) is 0 Å². The molecule has 1 aromatic heterocycles. The Kier molecular flexibility index (Phi) is 4.45. The second kappa shape index (κ2) is 6.52. The van der Waals surface area contributed by atoms with E-state index in [1.54, 1.807) is 18.2 Å². The van der Waals surface area contributed by atoms with Crippen molar-refractivity contribution in [2.45, 2.75) is 13.3 Å². The van der Waals surface area contributed by atoms with Gasteiger partial charge in [0.25, 0.3) is 5.91 Å². The maximum absolute atomic E-state index is 12.4. The number of anilines is 2. The van der Waals surface area contributed by atoms with Gasteiger partial charge in [0.2, 0.25) is 5.91 Å². The minimum Gasteiger partial charge on any atom is -0.326 e. The Morgan fingerprint density at radius 1 is 1.17 bits per heavy atom. The fourth-order valence-corrected chi connectivity index (χ4v) is 3.19. The number of amides is 2. The summed E-state index contributed by atoms with van der Waals surface area (Å²) >= 11 is 1.39. The number of hydrogen-bond acceptors (Lipinski definition) is 4. The van der Waals surface area contributed by atoms with Gasteiger partial charge in [0, 0.05) is 17.9 Å². The van der Waals surface area contributed by atoms with Crippen LogP contribution in [-0.2, 0) is 4.79 Å². The molecule has 120 valence electrons. The molecule has 1 aliphatic heterocycles. The average molecular weight is 329 g/mol. The van der Waals surface area contributed by atoms with E-state index in [-0.39, 0.29) is 17.2 Å². The molecule has 6 heteroatoms. The number of hydrogen-bond donors (Lipinski definition) is 3. The highest BCUT2D eigenvalue weighted by Crippen LogP contribution is 2.27. The molecule has 0 saturated carbocycles. The van der Waals surface area contributed by atoms with Gasteiger partial charge in [-0.05, 0) is 49.5 Å². The van der Waals surface area contributed by atoms with Gasteiger partial charge in [-0.3, -0.25) is 9.59 Å². The highest BCUT2D eigenvalue weighted by Gasteiger charge is 2.36. The third-order valence-corrected chi connectivity index (χ3v) is 4.91. The highest BCUT2D eigenvalue weighted by molar-refractivity contribution is 7.12. The van der Waals surface area contributed by atoms with Gasteiger partial charge in [0.15, 0.2) is 0 Å². The molecule has 2 amide bonds. The van der Waals surface area contributed by atoms with Gasteiger partial charge in [-0.25, -0.2) is 0 Å². The predicted octanol–water partition coefficient (Wildman–Crippen LogP) is 2.94. The summed E-state index contributed by atoms with van der Waals surface area (Å²) in [7, 11) is 0. The van der Waals surface area contributed by atoms with Crippen LogP contribution in [0.2, 0.25) is 0 Å². The number of carbonyl (C=O) groups is 2. The van der Waals surface area contributed by atoms with E-state index in [0.717, 1.165) is 13.0 Å². The maximum atomic E-state index is 12.4. The van der Waals surface area contributed by atoms with Crippen molar-refractivity contribution in [1.29, 1.82) is 0 Å². The molecule has 5 nitrogen and oxygen atoms in total. The summed E-state index contributed by atoms with van der Waals surface area (Å²) in [6, 6.07) is 10.8. The monoisotopic (exact) mass is 329 g/mol. The summed E-state index contributed by atoms with van der Waals surface area (Å²) in [5, 5.41) is 10.9. The van der Waals surface area contributed by atoms with E-state index in [4.69, 9.17) is 0 Å². The molecule has 3 rings (SSSR count). The molecule has 3 N–H and O–H groups in total. The Bertz CT molecular complexity index is 706. The van der Waals surface area contributed by atoms with E-state index in [1.165, 1.54) is 11.3 Å². The summed E-state index contributed by atoms with van der Waals surface area (Å²) < 4.78 is 0. The van der Waals surface area contributed by atoms with E-state index < -0.39 is 0 Å². The van der Waals surface area contributed by atoms with Crippen molar-refractivity contribution in [3.8, 4) is 0 Å². The molecule has 0 spiro atoms. The summed E-state index contributed by atoms with van der Waals surface area (Å²) in [6.07, 6.45) is 0.827. The molecule has 0 radical (unpaired) electrons. The van der Waals surface area contributed by atoms with E-state index in [1.807, 2.05) is 30.5 Å². The van der Waals surface area contributed by atoms with Crippen LogP contribution in [0.4, 0.5) is 11.4 Å². The highest BCUT2D eigenvalue weighted by atomic mass is 32.1. The zero-order chi connectivity index (χ0) is 16.3. The van der Waals surface area contributed by atoms with Gasteiger partial charge in [0.1, 0.15) is 0 Å². The minimum atomic E-state index is -0.379. The van der Waals surface area contributed by atoms with E-state index in [9.17, 15) is 9.59 Å². The van der Waals surface area contributed by atoms with Crippen molar-refractivity contribution in [2.24, 2.45) is 5.41 Å². The third-order valence-electron chi connectivity index (χ3n) is 4.04. The Labute approximate surface area is 139 Å². The molecule has 1 aliphatic rings. The first-order chi connectivity index (χ1) is 11.1. The van der Waals surface area contributed by atoms with Crippen molar-refractivity contribution in [2.75, 3.05) is 23.7 Å². The molecule has 1 aromatic carbocycles. The van der Waals surface area contributed by atoms with E-state index in [0.29, 0.717) is 22.8 Å². The second-order valence-electron chi connectivity index (χ2n) is 5.95. The normalized spacial score (nSPS) is 20.2. The Hall–Kier alpha value is -2.18. The second-order valence-corrected chi connectivity index (χ2v) is 6.90. The molecule has 0 bridgehead atoms. The first-order valence-electron chi connectivity index (χ1n) is 7.54. The Morgan fingerprint density at radius 3 is 2.61 bits per heavy atom. The smallest absolute Gasteiger partial charge is 0.265 e. The topological polar surface area (TPSA) is 70.2 Å². The molecule has 0 aliphatic carbocycles. The Balaban J connectivity index is 1.68. The molecular weight excluding hydrogens is 310 g/mol. The predicted molar refractivity (Wildman–Crippen MR) is 92.9 cm³/mol. The molecular formula is C17H19N3O2S.